The highest BCUT2D eigenvalue weighted by Gasteiger charge is 2.33. The first-order valence-corrected chi connectivity index (χ1v) is 8.72. The second kappa shape index (κ2) is 6.71. The zero-order valence-corrected chi connectivity index (χ0v) is 15.0. The van der Waals surface area contributed by atoms with E-state index >= 15 is 0 Å². The van der Waals surface area contributed by atoms with Crippen molar-refractivity contribution >= 4 is 11.7 Å². The van der Waals surface area contributed by atoms with Gasteiger partial charge in [0.2, 0.25) is 5.91 Å². The van der Waals surface area contributed by atoms with E-state index < -0.39 is 0 Å². The van der Waals surface area contributed by atoms with Crippen LogP contribution in [0.2, 0.25) is 0 Å². The van der Waals surface area contributed by atoms with Crippen LogP contribution in [0.1, 0.15) is 43.4 Å². The fraction of sp³-hybridized carbons (Fsp3) is 0.263. The van der Waals surface area contributed by atoms with Crippen LogP contribution in [0.15, 0.2) is 47.5 Å². The number of nitrogens with one attached hydrogen (secondary N) is 2. The smallest absolute Gasteiger partial charge is 0.321 e. The van der Waals surface area contributed by atoms with Crippen LogP contribution in [0.25, 0.3) is 0 Å². The second-order valence-corrected chi connectivity index (χ2v) is 6.68. The first-order chi connectivity index (χ1) is 13.0. The van der Waals surface area contributed by atoms with Gasteiger partial charge in [-0.3, -0.25) is 19.4 Å². The van der Waals surface area contributed by atoms with Crippen molar-refractivity contribution in [3.8, 4) is 11.8 Å². The molecular formula is C19H19N5O3. The second-order valence-electron chi connectivity index (χ2n) is 6.68. The van der Waals surface area contributed by atoms with Crippen molar-refractivity contribution in [1.29, 1.82) is 0 Å². The zero-order valence-electron chi connectivity index (χ0n) is 15.0. The summed E-state index contributed by atoms with van der Waals surface area (Å²) in [6.07, 6.45) is 3.39. The van der Waals surface area contributed by atoms with Crippen LogP contribution in [0.3, 0.4) is 0 Å². The summed E-state index contributed by atoms with van der Waals surface area (Å²) in [6, 6.07) is 9.27. The average molecular weight is 365 g/mol. The summed E-state index contributed by atoms with van der Waals surface area (Å²) < 4.78 is 7.38. The number of ether oxygens (including phenoxy) is 1. The molecule has 3 heterocycles. The van der Waals surface area contributed by atoms with Gasteiger partial charge in [0.1, 0.15) is 11.6 Å². The van der Waals surface area contributed by atoms with Crippen LogP contribution >= 0.6 is 0 Å². The Labute approximate surface area is 155 Å². The molecule has 0 unspecified atom stereocenters. The minimum Gasteiger partial charge on any atom is -0.424 e. The fourth-order valence-electron chi connectivity index (χ4n) is 3.29. The number of nitrogens with zero attached hydrogens (tertiary/aromatic N) is 3. The van der Waals surface area contributed by atoms with E-state index in [0.717, 1.165) is 5.56 Å². The topological polar surface area (TPSA) is 102 Å². The largest absolute Gasteiger partial charge is 0.424 e. The van der Waals surface area contributed by atoms with Gasteiger partial charge in [-0.1, -0.05) is 12.1 Å². The van der Waals surface area contributed by atoms with Gasteiger partial charge in [0.15, 0.2) is 0 Å². The average Bonchev–Trinajstić information content (AvgIpc) is 2.99. The number of aromatic nitrogens is 4. The Balaban J connectivity index is 1.74. The van der Waals surface area contributed by atoms with Gasteiger partial charge in [-0.05, 0) is 37.6 Å². The van der Waals surface area contributed by atoms with Crippen LogP contribution < -0.4 is 15.6 Å². The Morgan fingerprint density at radius 3 is 2.70 bits per heavy atom. The van der Waals surface area contributed by atoms with Gasteiger partial charge in [-0.2, -0.15) is 0 Å². The number of carbonyl (C=O) groups excluding carboxylic acids is 1. The Bertz CT molecular complexity index is 1040. The molecule has 1 atom stereocenters. The maximum absolute atomic E-state index is 12.6. The molecule has 8 heteroatoms. The van der Waals surface area contributed by atoms with Crippen molar-refractivity contribution in [2.45, 2.75) is 32.2 Å². The molecule has 4 rings (SSSR count). The number of fused-ring (bicyclic) bond motifs is 1. The van der Waals surface area contributed by atoms with Crippen molar-refractivity contribution in [2.75, 3.05) is 5.32 Å². The number of anilines is 1. The Morgan fingerprint density at radius 2 is 1.96 bits per heavy atom. The predicted octanol–water partition coefficient (Wildman–Crippen LogP) is 2.81. The first kappa shape index (κ1) is 17.0. The molecule has 8 nitrogen and oxygen atoms in total. The van der Waals surface area contributed by atoms with Gasteiger partial charge in [0, 0.05) is 30.8 Å². The van der Waals surface area contributed by atoms with E-state index in [1.54, 1.807) is 29.2 Å². The summed E-state index contributed by atoms with van der Waals surface area (Å²) in [5, 5.41) is 5.65. The summed E-state index contributed by atoms with van der Waals surface area (Å²) in [7, 11) is 0. The molecule has 3 aromatic rings. The van der Waals surface area contributed by atoms with Crippen molar-refractivity contribution in [2.24, 2.45) is 0 Å². The lowest BCUT2D eigenvalue weighted by atomic mass is 9.87. The number of rotatable bonds is 4. The molecule has 2 N–H and O–H groups in total. The summed E-state index contributed by atoms with van der Waals surface area (Å²) >= 11 is 0. The van der Waals surface area contributed by atoms with Crippen molar-refractivity contribution in [3.05, 3.63) is 64.2 Å². The molecule has 0 radical (unpaired) electrons. The number of carbonyl (C=O) groups is 1. The molecular weight excluding hydrogens is 346 g/mol. The highest BCUT2D eigenvalue weighted by Crippen LogP contribution is 2.37. The van der Waals surface area contributed by atoms with E-state index in [0.29, 0.717) is 17.1 Å². The lowest BCUT2D eigenvalue weighted by Gasteiger charge is -2.24. The van der Waals surface area contributed by atoms with Gasteiger partial charge in [0.05, 0.1) is 5.56 Å². The molecule has 1 aromatic carbocycles. The SMILES string of the molecule is CC(C)n1[nH]c(=O)c2c1NC(=O)C[C@@H]2c1cccc(Oc2ncccn2)c1. The Kier molecular flexibility index (Phi) is 4.23. The van der Waals surface area contributed by atoms with Crippen LogP contribution in [-0.4, -0.2) is 25.7 Å². The normalized spacial score (nSPS) is 16.1. The molecule has 0 spiro atoms. The monoisotopic (exact) mass is 365 g/mol. The third kappa shape index (κ3) is 3.21. The van der Waals surface area contributed by atoms with Crippen molar-refractivity contribution < 1.29 is 9.53 Å². The molecule has 0 saturated carbocycles. The van der Waals surface area contributed by atoms with E-state index in [9.17, 15) is 9.59 Å². The minimum atomic E-state index is -0.349. The summed E-state index contributed by atoms with van der Waals surface area (Å²) in [4.78, 5) is 32.9. The molecule has 1 amide bonds. The van der Waals surface area contributed by atoms with E-state index in [1.807, 2.05) is 32.0 Å². The maximum atomic E-state index is 12.6. The summed E-state index contributed by atoms with van der Waals surface area (Å²) in [6.45, 7) is 3.89. The summed E-state index contributed by atoms with van der Waals surface area (Å²) in [5.74, 6) is 0.608. The lowest BCUT2D eigenvalue weighted by Crippen LogP contribution is -2.27. The van der Waals surface area contributed by atoms with Crippen LogP contribution in [-0.2, 0) is 4.79 Å². The molecule has 27 heavy (non-hydrogen) atoms. The first-order valence-electron chi connectivity index (χ1n) is 8.72. The molecule has 0 aliphatic carbocycles. The highest BCUT2D eigenvalue weighted by atomic mass is 16.5. The van der Waals surface area contributed by atoms with Crippen LogP contribution in [0, 0.1) is 0 Å². The minimum absolute atomic E-state index is 0.0189. The van der Waals surface area contributed by atoms with Gasteiger partial charge >= 0.3 is 6.01 Å². The third-order valence-corrected chi connectivity index (χ3v) is 4.49. The molecule has 0 fully saturated rings. The Hall–Kier alpha value is -3.42. The quantitative estimate of drug-likeness (QED) is 0.740. The third-order valence-electron chi connectivity index (χ3n) is 4.49. The van der Waals surface area contributed by atoms with Crippen molar-refractivity contribution in [3.63, 3.8) is 0 Å². The lowest BCUT2D eigenvalue weighted by molar-refractivity contribution is -0.116. The number of aromatic amines is 1. The number of amides is 1. The molecule has 138 valence electrons. The molecule has 0 bridgehead atoms. The van der Waals surface area contributed by atoms with Crippen LogP contribution in [0.4, 0.5) is 5.82 Å². The van der Waals surface area contributed by atoms with Gasteiger partial charge in [0.25, 0.3) is 5.56 Å². The van der Waals surface area contributed by atoms with Gasteiger partial charge in [-0.25, -0.2) is 9.97 Å². The van der Waals surface area contributed by atoms with Crippen molar-refractivity contribution in [1.82, 2.24) is 19.7 Å². The number of H-pyrrole nitrogens is 1. The number of hydrogen-bond acceptors (Lipinski definition) is 5. The fourth-order valence-corrected chi connectivity index (χ4v) is 3.29. The van der Waals surface area contributed by atoms with Gasteiger partial charge < -0.3 is 10.1 Å². The number of benzene rings is 1. The van der Waals surface area contributed by atoms with E-state index in [4.69, 9.17) is 4.74 Å². The number of hydrogen-bond donors (Lipinski definition) is 2. The summed E-state index contributed by atoms with van der Waals surface area (Å²) in [5.41, 5.74) is 1.20. The van der Waals surface area contributed by atoms with E-state index in [1.165, 1.54) is 0 Å². The standard InChI is InChI=1S/C19H19N5O3/c1-11(2)24-17-16(18(26)23-24)14(10-15(25)22-17)12-5-3-6-13(9-12)27-19-20-7-4-8-21-19/h3-9,11,14H,10H2,1-2H3,(H,22,25)(H,23,26)/t14-/m1/s1. The van der Waals surface area contributed by atoms with E-state index in [2.05, 4.69) is 20.4 Å². The van der Waals surface area contributed by atoms with E-state index in [-0.39, 0.29) is 35.9 Å². The van der Waals surface area contributed by atoms with Crippen LogP contribution in [0.5, 0.6) is 11.8 Å². The Morgan fingerprint density at radius 1 is 1.19 bits per heavy atom. The predicted molar refractivity (Wildman–Crippen MR) is 99.1 cm³/mol. The molecule has 2 aromatic heterocycles. The zero-order chi connectivity index (χ0) is 19.0. The van der Waals surface area contributed by atoms with Gasteiger partial charge in [-0.15, -0.1) is 0 Å². The highest BCUT2D eigenvalue weighted by molar-refractivity contribution is 5.94. The molecule has 1 aliphatic rings. The molecule has 0 saturated heterocycles. The molecule has 1 aliphatic heterocycles. The maximum Gasteiger partial charge on any atom is 0.321 e.